The van der Waals surface area contributed by atoms with E-state index in [1.807, 2.05) is 20.8 Å². The van der Waals surface area contributed by atoms with Crippen LogP contribution < -0.4 is 5.32 Å². The average Bonchev–Trinajstić information content (AvgIpc) is 2.40. The van der Waals surface area contributed by atoms with Crippen molar-refractivity contribution in [2.75, 3.05) is 26.9 Å². The number of carbonyl (C=O) groups is 2. The summed E-state index contributed by atoms with van der Waals surface area (Å²) in [6, 6.07) is -0.00544. The molecule has 0 saturated heterocycles. The van der Waals surface area contributed by atoms with Crippen LogP contribution in [0.3, 0.4) is 0 Å². The van der Waals surface area contributed by atoms with Crippen molar-refractivity contribution < 1.29 is 24.2 Å². The Morgan fingerprint density at radius 2 is 1.95 bits per heavy atom. The van der Waals surface area contributed by atoms with Crippen molar-refractivity contribution in [2.45, 2.75) is 39.7 Å². The van der Waals surface area contributed by atoms with E-state index < -0.39 is 5.97 Å². The highest BCUT2D eigenvalue weighted by molar-refractivity contribution is 5.77. The fraction of sp³-hybridized carbons (Fsp3) is 0.867. The minimum Gasteiger partial charge on any atom is -0.481 e. The number of methoxy groups -OCH3 is 1. The molecular weight excluding hydrogens is 274 g/mol. The zero-order chi connectivity index (χ0) is 16.0. The molecule has 0 aromatic carbocycles. The largest absolute Gasteiger partial charge is 0.481 e. The van der Waals surface area contributed by atoms with Crippen molar-refractivity contribution in [2.24, 2.45) is 17.3 Å². The second-order valence-electron chi connectivity index (χ2n) is 6.30. The van der Waals surface area contributed by atoms with Gasteiger partial charge in [0.25, 0.3) is 0 Å². The Hall–Kier alpha value is -1.14. The maximum Gasteiger partial charge on any atom is 0.307 e. The first kappa shape index (κ1) is 17.9. The van der Waals surface area contributed by atoms with Gasteiger partial charge in [-0.25, -0.2) is 0 Å². The first-order chi connectivity index (χ1) is 9.80. The van der Waals surface area contributed by atoms with Crippen molar-refractivity contribution in [1.29, 1.82) is 0 Å². The third-order valence-corrected chi connectivity index (χ3v) is 4.75. The lowest BCUT2D eigenvalue weighted by Gasteiger charge is -2.46. The lowest BCUT2D eigenvalue weighted by molar-refractivity contribution is -0.150. The van der Waals surface area contributed by atoms with Crippen molar-refractivity contribution in [1.82, 2.24) is 5.32 Å². The number of amides is 1. The normalized spacial score (nSPS) is 28.1. The van der Waals surface area contributed by atoms with Gasteiger partial charge in [-0.15, -0.1) is 0 Å². The van der Waals surface area contributed by atoms with Crippen LogP contribution in [0.15, 0.2) is 0 Å². The fourth-order valence-corrected chi connectivity index (χ4v) is 3.00. The van der Waals surface area contributed by atoms with E-state index in [0.717, 1.165) is 0 Å². The van der Waals surface area contributed by atoms with Crippen LogP contribution in [0.4, 0.5) is 0 Å². The van der Waals surface area contributed by atoms with Crippen LogP contribution in [-0.2, 0) is 19.1 Å². The summed E-state index contributed by atoms with van der Waals surface area (Å²) in [5, 5.41) is 12.3. The Morgan fingerprint density at radius 1 is 1.29 bits per heavy atom. The highest BCUT2D eigenvalue weighted by atomic mass is 16.5. The summed E-state index contributed by atoms with van der Waals surface area (Å²) in [6.45, 7) is 6.78. The van der Waals surface area contributed by atoms with E-state index in [2.05, 4.69) is 5.32 Å². The average molecular weight is 301 g/mol. The van der Waals surface area contributed by atoms with E-state index in [0.29, 0.717) is 26.1 Å². The summed E-state index contributed by atoms with van der Waals surface area (Å²) >= 11 is 0. The molecule has 0 aliphatic heterocycles. The molecule has 0 radical (unpaired) electrons. The van der Waals surface area contributed by atoms with Gasteiger partial charge in [0.2, 0.25) is 5.91 Å². The summed E-state index contributed by atoms with van der Waals surface area (Å²) in [5.74, 6) is -1.18. The number of rotatable bonds is 7. The zero-order valence-electron chi connectivity index (χ0n) is 13.3. The Kier molecular flexibility index (Phi) is 6.61. The summed E-state index contributed by atoms with van der Waals surface area (Å²) < 4.78 is 10.0. The molecule has 0 aromatic heterocycles. The number of carbonyl (C=O) groups excluding carboxylic acids is 1. The van der Waals surface area contributed by atoms with E-state index in [9.17, 15) is 14.7 Å². The van der Waals surface area contributed by atoms with Gasteiger partial charge in [-0.2, -0.15) is 0 Å². The minimum absolute atomic E-state index is 0.00544. The van der Waals surface area contributed by atoms with Crippen LogP contribution in [0.2, 0.25) is 0 Å². The van der Waals surface area contributed by atoms with Crippen LogP contribution in [0.5, 0.6) is 0 Å². The van der Waals surface area contributed by atoms with Gasteiger partial charge < -0.3 is 19.9 Å². The fourth-order valence-electron chi connectivity index (χ4n) is 3.00. The second kappa shape index (κ2) is 7.75. The highest BCUT2D eigenvalue weighted by Gasteiger charge is 2.46. The molecule has 0 bridgehead atoms. The quantitative estimate of drug-likeness (QED) is 0.692. The Labute approximate surface area is 126 Å². The number of carboxylic acids is 1. The van der Waals surface area contributed by atoms with Crippen molar-refractivity contribution in [3.8, 4) is 0 Å². The van der Waals surface area contributed by atoms with E-state index in [1.54, 1.807) is 7.11 Å². The van der Waals surface area contributed by atoms with Crippen molar-refractivity contribution in [3.05, 3.63) is 0 Å². The molecule has 1 rings (SSSR count). The van der Waals surface area contributed by atoms with Crippen LogP contribution in [0, 0.1) is 17.3 Å². The maximum absolute atomic E-state index is 11.9. The van der Waals surface area contributed by atoms with E-state index in [1.165, 1.54) is 0 Å². The Morgan fingerprint density at radius 3 is 2.52 bits per heavy atom. The first-order valence-electron chi connectivity index (χ1n) is 7.39. The van der Waals surface area contributed by atoms with E-state index >= 15 is 0 Å². The molecule has 1 aliphatic rings. The predicted molar refractivity (Wildman–Crippen MR) is 77.9 cm³/mol. The molecule has 6 heteroatoms. The highest BCUT2D eigenvalue weighted by Crippen LogP contribution is 2.45. The minimum atomic E-state index is -0.750. The molecule has 0 aromatic rings. The van der Waals surface area contributed by atoms with Crippen LogP contribution in [0.25, 0.3) is 0 Å². The van der Waals surface area contributed by atoms with Crippen LogP contribution >= 0.6 is 0 Å². The number of ether oxygens (including phenoxy) is 2. The standard InChI is InChI=1S/C15H27NO5/c1-10-12(16-13(17)9-21-8-7-20-4)6-5-11(14(18)19)15(10,2)3/h10-12H,5-9H2,1-4H3,(H,16,17)(H,18,19). The molecule has 3 unspecified atom stereocenters. The molecule has 1 saturated carbocycles. The van der Waals surface area contributed by atoms with Crippen LogP contribution in [0.1, 0.15) is 33.6 Å². The van der Waals surface area contributed by atoms with Crippen molar-refractivity contribution in [3.63, 3.8) is 0 Å². The van der Waals surface area contributed by atoms with Gasteiger partial charge in [0.05, 0.1) is 19.1 Å². The molecule has 1 fully saturated rings. The molecule has 1 amide bonds. The molecule has 6 nitrogen and oxygen atoms in total. The first-order valence-corrected chi connectivity index (χ1v) is 7.39. The lowest BCUT2D eigenvalue weighted by Crippen LogP contribution is -2.53. The van der Waals surface area contributed by atoms with Crippen molar-refractivity contribution >= 4 is 11.9 Å². The SMILES string of the molecule is COCCOCC(=O)NC1CCC(C(=O)O)C(C)(C)C1C. The van der Waals surface area contributed by atoms with Gasteiger partial charge in [-0.3, -0.25) is 9.59 Å². The number of nitrogens with one attached hydrogen (secondary N) is 1. The van der Waals surface area contributed by atoms with Gasteiger partial charge in [0.1, 0.15) is 6.61 Å². The molecule has 0 heterocycles. The van der Waals surface area contributed by atoms with Gasteiger partial charge >= 0.3 is 5.97 Å². The second-order valence-corrected chi connectivity index (χ2v) is 6.30. The smallest absolute Gasteiger partial charge is 0.307 e. The third kappa shape index (κ3) is 4.68. The van der Waals surface area contributed by atoms with E-state index in [-0.39, 0.29) is 35.8 Å². The third-order valence-electron chi connectivity index (χ3n) is 4.75. The van der Waals surface area contributed by atoms with Crippen LogP contribution in [-0.4, -0.2) is 50.0 Å². The summed E-state index contributed by atoms with van der Waals surface area (Å²) in [7, 11) is 1.58. The Bertz CT molecular complexity index is 369. The molecule has 122 valence electrons. The summed E-state index contributed by atoms with van der Waals surface area (Å²) in [5.41, 5.74) is -0.348. The maximum atomic E-state index is 11.9. The molecule has 21 heavy (non-hydrogen) atoms. The lowest BCUT2D eigenvalue weighted by atomic mass is 9.61. The summed E-state index contributed by atoms with van der Waals surface area (Å²) in [4.78, 5) is 23.2. The van der Waals surface area contributed by atoms with Gasteiger partial charge in [-0.05, 0) is 24.2 Å². The topological polar surface area (TPSA) is 84.9 Å². The monoisotopic (exact) mass is 301 g/mol. The van der Waals surface area contributed by atoms with E-state index in [4.69, 9.17) is 9.47 Å². The molecule has 2 N–H and O–H groups in total. The van der Waals surface area contributed by atoms with Gasteiger partial charge in [0.15, 0.2) is 0 Å². The molecule has 0 spiro atoms. The number of aliphatic carboxylic acids is 1. The Balaban J connectivity index is 2.50. The molecule has 3 atom stereocenters. The molecular formula is C15H27NO5. The number of hydrogen-bond donors (Lipinski definition) is 2. The molecule has 1 aliphatic carbocycles. The zero-order valence-corrected chi connectivity index (χ0v) is 13.3. The van der Waals surface area contributed by atoms with Gasteiger partial charge in [0, 0.05) is 13.2 Å². The number of carboxylic acid groups (broad SMARTS) is 1. The van der Waals surface area contributed by atoms with Gasteiger partial charge in [-0.1, -0.05) is 20.8 Å². The summed E-state index contributed by atoms with van der Waals surface area (Å²) in [6.07, 6.45) is 1.27. The number of hydrogen-bond acceptors (Lipinski definition) is 4. The predicted octanol–water partition coefficient (Wildman–Crippen LogP) is 1.29.